The van der Waals surface area contributed by atoms with Crippen LogP contribution in [0.5, 0.6) is 0 Å². The van der Waals surface area contributed by atoms with Crippen molar-refractivity contribution in [1.82, 2.24) is 19.3 Å². The van der Waals surface area contributed by atoms with E-state index in [1.807, 2.05) is 21.0 Å². The Balaban J connectivity index is 1.88. The molecule has 2 aromatic heterocycles. The highest BCUT2D eigenvalue weighted by molar-refractivity contribution is 7.89. The summed E-state index contributed by atoms with van der Waals surface area (Å²) in [5, 5.41) is 0. The maximum absolute atomic E-state index is 12.6. The summed E-state index contributed by atoms with van der Waals surface area (Å²) >= 11 is 0. The predicted octanol–water partition coefficient (Wildman–Crippen LogP) is 0.774. The van der Waals surface area contributed by atoms with Gasteiger partial charge in [-0.3, -0.25) is 4.57 Å². The van der Waals surface area contributed by atoms with Crippen LogP contribution in [0.15, 0.2) is 38.4 Å². The molecule has 10 heteroatoms. The molecule has 1 N–H and O–H groups in total. The maximum Gasteiger partial charge on any atom is 0.419 e. The Labute approximate surface area is 150 Å². The van der Waals surface area contributed by atoms with Crippen molar-refractivity contribution in [2.75, 3.05) is 19.0 Å². The molecule has 0 saturated carbocycles. The van der Waals surface area contributed by atoms with E-state index in [1.54, 1.807) is 11.0 Å². The zero-order chi connectivity index (χ0) is 19.1. The Hall–Kier alpha value is -2.72. The van der Waals surface area contributed by atoms with Gasteiger partial charge in [0.15, 0.2) is 5.58 Å². The van der Waals surface area contributed by atoms with Crippen LogP contribution in [0, 0.1) is 6.92 Å². The number of hydrogen-bond acceptors (Lipinski definition) is 7. The van der Waals surface area contributed by atoms with Gasteiger partial charge in [-0.1, -0.05) is 0 Å². The minimum Gasteiger partial charge on any atom is -0.408 e. The average molecular weight is 377 g/mol. The molecule has 0 aliphatic heterocycles. The largest absolute Gasteiger partial charge is 0.419 e. The van der Waals surface area contributed by atoms with Crippen molar-refractivity contribution in [3.63, 3.8) is 0 Å². The number of anilines is 1. The van der Waals surface area contributed by atoms with E-state index < -0.39 is 15.8 Å². The first-order valence-electron chi connectivity index (χ1n) is 7.78. The fourth-order valence-electron chi connectivity index (χ4n) is 2.43. The molecule has 138 valence electrons. The highest BCUT2D eigenvalue weighted by atomic mass is 32.2. The van der Waals surface area contributed by atoms with Gasteiger partial charge < -0.3 is 9.32 Å². The second-order valence-corrected chi connectivity index (χ2v) is 7.84. The number of nitrogens with one attached hydrogen (secondary N) is 1. The van der Waals surface area contributed by atoms with Gasteiger partial charge in [0.2, 0.25) is 16.0 Å². The van der Waals surface area contributed by atoms with Gasteiger partial charge in [0, 0.05) is 26.8 Å². The molecule has 0 bridgehead atoms. The van der Waals surface area contributed by atoms with Crippen LogP contribution in [0.25, 0.3) is 11.1 Å². The zero-order valence-corrected chi connectivity index (χ0v) is 15.7. The van der Waals surface area contributed by atoms with Gasteiger partial charge in [0.1, 0.15) is 0 Å². The number of aryl methyl sites for hydroxylation is 2. The van der Waals surface area contributed by atoms with Crippen LogP contribution in [0.2, 0.25) is 0 Å². The van der Waals surface area contributed by atoms with E-state index in [0.29, 0.717) is 22.7 Å². The van der Waals surface area contributed by atoms with Crippen molar-refractivity contribution in [3.8, 4) is 0 Å². The van der Waals surface area contributed by atoms with Crippen molar-refractivity contribution >= 4 is 27.1 Å². The molecule has 26 heavy (non-hydrogen) atoms. The van der Waals surface area contributed by atoms with Crippen LogP contribution >= 0.6 is 0 Å². The van der Waals surface area contributed by atoms with Crippen LogP contribution in [0.1, 0.15) is 11.4 Å². The van der Waals surface area contributed by atoms with E-state index in [2.05, 4.69) is 14.7 Å². The summed E-state index contributed by atoms with van der Waals surface area (Å²) in [6.07, 6.45) is 0. The van der Waals surface area contributed by atoms with Gasteiger partial charge in [0.05, 0.1) is 22.7 Å². The normalized spacial score (nSPS) is 11.8. The van der Waals surface area contributed by atoms with Gasteiger partial charge in [-0.2, -0.15) is 0 Å². The number of aromatic nitrogens is 3. The second kappa shape index (κ2) is 6.54. The summed E-state index contributed by atoms with van der Waals surface area (Å²) in [5.74, 6) is -0.0378. The summed E-state index contributed by atoms with van der Waals surface area (Å²) in [7, 11) is 1.36. The molecule has 0 unspecified atom stereocenters. The molecule has 1 aromatic carbocycles. The van der Waals surface area contributed by atoms with Crippen LogP contribution < -0.4 is 15.4 Å². The van der Waals surface area contributed by atoms with E-state index in [-0.39, 0.29) is 11.4 Å². The van der Waals surface area contributed by atoms with Crippen molar-refractivity contribution in [2.24, 2.45) is 7.05 Å². The molecular weight excluding hydrogens is 358 g/mol. The fraction of sp³-hybridized carbons (Fsp3) is 0.312. The Morgan fingerprint density at radius 3 is 2.65 bits per heavy atom. The molecule has 0 atom stereocenters. The first-order chi connectivity index (χ1) is 12.2. The van der Waals surface area contributed by atoms with Crippen LogP contribution in [0.3, 0.4) is 0 Å². The van der Waals surface area contributed by atoms with Crippen LogP contribution in [-0.4, -0.2) is 37.0 Å². The van der Waals surface area contributed by atoms with Gasteiger partial charge in [-0.05, 0) is 31.2 Å². The monoisotopic (exact) mass is 377 g/mol. The lowest BCUT2D eigenvalue weighted by Gasteiger charge is -2.13. The van der Waals surface area contributed by atoms with Crippen molar-refractivity contribution in [2.45, 2.75) is 18.4 Å². The summed E-state index contributed by atoms with van der Waals surface area (Å²) in [6, 6.07) is 5.98. The lowest BCUT2D eigenvalue weighted by atomic mass is 10.3. The molecule has 0 radical (unpaired) electrons. The Morgan fingerprint density at radius 1 is 1.23 bits per heavy atom. The van der Waals surface area contributed by atoms with Crippen molar-refractivity contribution in [3.05, 3.63) is 46.2 Å². The zero-order valence-electron chi connectivity index (χ0n) is 14.8. The number of sulfonamides is 1. The molecule has 0 fully saturated rings. The molecule has 0 saturated heterocycles. The van der Waals surface area contributed by atoms with E-state index in [1.165, 1.54) is 29.8 Å². The standard InChI is InChI=1S/C16H19N5O4S/c1-10-7-11(19-15(18-10)20(2)3)9-17-26(23,24)12-5-6-14-13(8-12)21(4)16(22)25-14/h5-8,17H,9H2,1-4H3. The highest BCUT2D eigenvalue weighted by Crippen LogP contribution is 2.18. The number of fused-ring (bicyclic) bond motifs is 1. The lowest BCUT2D eigenvalue weighted by molar-refractivity contribution is 0.528. The number of benzene rings is 1. The quantitative estimate of drug-likeness (QED) is 0.699. The molecule has 3 rings (SSSR count). The molecule has 3 aromatic rings. The van der Waals surface area contributed by atoms with Crippen LogP contribution in [-0.2, 0) is 23.6 Å². The SMILES string of the molecule is Cc1cc(CNS(=O)(=O)c2ccc3oc(=O)n(C)c3c2)nc(N(C)C)n1. The van der Waals surface area contributed by atoms with Gasteiger partial charge in [-0.25, -0.2) is 27.9 Å². The van der Waals surface area contributed by atoms with Crippen LogP contribution in [0.4, 0.5) is 5.95 Å². The van der Waals surface area contributed by atoms with E-state index in [0.717, 1.165) is 5.69 Å². The van der Waals surface area contributed by atoms with Gasteiger partial charge >= 0.3 is 5.76 Å². The molecule has 0 aliphatic rings. The minimum absolute atomic E-state index is 0.0227. The molecular formula is C16H19N5O4S. The smallest absolute Gasteiger partial charge is 0.408 e. The van der Waals surface area contributed by atoms with E-state index in [4.69, 9.17) is 4.42 Å². The Bertz CT molecular complexity index is 1130. The second-order valence-electron chi connectivity index (χ2n) is 6.08. The third-order valence-electron chi connectivity index (χ3n) is 3.81. The molecule has 2 heterocycles. The van der Waals surface area contributed by atoms with Gasteiger partial charge in [-0.15, -0.1) is 0 Å². The average Bonchev–Trinajstić information content (AvgIpc) is 2.86. The summed E-state index contributed by atoms with van der Waals surface area (Å²) in [4.78, 5) is 21.9. The van der Waals surface area contributed by atoms with E-state index >= 15 is 0 Å². The summed E-state index contributed by atoms with van der Waals surface area (Å²) < 4.78 is 34.0. The fourth-order valence-corrected chi connectivity index (χ4v) is 3.45. The molecule has 0 aliphatic carbocycles. The first-order valence-corrected chi connectivity index (χ1v) is 9.27. The lowest BCUT2D eigenvalue weighted by Crippen LogP contribution is -2.24. The Kier molecular flexibility index (Phi) is 4.55. The number of nitrogens with zero attached hydrogens (tertiary/aromatic N) is 4. The minimum atomic E-state index is -3.78. The highest BCUT2D eigenvalue weighted by Gasteiger charge is 2.17. The molecule has 0 amide bonds. The summed E-state index contributed by atoms with van der Waals surface area (Å²) in [6.45, 7) is 1.84. The summed E-state index contributed by atoms with van der Waals surface area (Å²) in [5.41, 5.74) is 2.04. The van der Waals surface area contributed by atoms with Gasteiger partial charge in [0.25, 0.3) is 0 Å². The Morgan fingerprint density at radius 2 is 1.96 bits per heavy atom. The third-order valence-corrected chi connectivity index (χ3v) is 5.21. The molecule has 0 spiro atoms. The first kappa shape index (κ1) is 18.1. The number of oxazole rings is 1. The van der Waals surface area contributed by atoms with Crippen molar-refractivity contribution in [1.29, 1.82) is 0 Å². The topological polar surface area (TPSA) is 110 Å². The predicted molar refractivity (Wildman–Crippen MR) is 96.6 cm³/mol. The number of hydrogen-bond donors (Lipinski definition) is 1. The third kappa shape index (κ3) is 3.46. The molecule has 9 nitrogen and oxygen atoms in total. The number of rotatable bonds is 5. The maximum atomic E-state index is 12.6. The van der Waals surface area contributed by atoms with E-state index in [9.17, 15) is 13.2 Å². The van der Waals surface area contributed by atoms with Crippen molar-refractivity contribution < 1.29 is 12.8 Å².